The summed E-state index contributed by atoms with van der Waals surface area (Å²) >= 11 is 1.38. The van der Waals surface area contributed by atoms with Crippen LogP contribution in [0.4, 0.5) is 11.5 Å². The van der Waals surface area contributed by atoms with Crippen molar-refractivity contribution in [3.8, 4) is 5.75 Å². The van der Waals surface area contributed by atoms with Gasteiger partial charge in [-0.2, -0.15) is 0 Å². The molecular formula is C16H20N4O3S. The molecule has 0 unspecified atom stereocenters. The van der Waals surface area contributed by atoms with Crippen molar-refractivity contribution in [2.45, 2.75) is 31.2 Å². The number of nitrogens with zero attached hydrogens (tertiary/aromatic N) is 1. The molecule has 2 aromatic rings. The zero-order valence-corrected chi connectivity index (χ0v) is 14.6. The second-order valence-corrected chi connectivity index (χ2v) is 6.77. The number of aromatic nitrogens is 2. The van der Waals surface area contributed by atoms with E-state index < -0.39 is 11.5 Å². The van der Waals surface area contributed by atoms with Crippen LogP contribution in [0, 0.1) is 0 Å². The second kappa shape index (κ2) is 7.87. The number of H-pyrrole nitrogens is 1. The van der Waals surface area contributed by atoms with Gasteiger partial charge in [-0.1, -0.05) is 25.6 Å². The summed E-state index contributed by atoms with van der Waals surface area (Å²) in [6, 6.07) is 6.60. The third-order valence-corrected chi connectivity index (χ3v) is 3.83. The average molecular weight is 348 g/mol. The molecule has 0 saturated carbocycles. The number of anilines is 2. The lowest BCUT2D eigenvalue weighted by molar-refractivity contribution is 0.102. The summed E-state index contributed by atoms with van der Waals surface area (Å²) in [6.07, 6.45) is 0. The van der Waals surface area contributed by atoms with Gasteiger partial charge in [0.2, 0.25) is 0 Å². The third-order valence-electron chi connectivity index (χ3n) is 2.94. The molecule has 0 radical (unpaired) electrons. The molecule has 0 aliphatic rings. The van der Waals surface area contributed by atoms with Crippen LogP contribution in [0.5, 0.6) is 5.75 Å². The highest BCUT2D eigenvalue weighted by atomic mass is 32.2. The van der Waals surface area contributed by atoms with Crippen LogP contribution in [0.3, 0.4) is 0 Å². The first-order valence-electron chi connectivity index (χ1n) is 7.51. The Morgan fingerprint density at radius 1 is 1.38 bits per heavy atom. The second-order valence-electron chi connectivity index (χ2n) is 5.21. The fourth-order valence-electron chi connectivity index (χ4n) is 1.92. The smallest absolute Gasteiger partial charge is 0.277 e. The normalized spacial score (nSPS) is 10.7. The van der Waals surface area contributed by atoms with Gasteiger partial charge in [-0.15, -0.1) is 0 Å². The van der Waals surface area contributed by atoms with Gasteiger partial charge in [-0.25, -0.2) is 4.98 Å². The fraction of sp³-hybridized carbons (Fsp3) is 0.312. The van der Waals surface area contributed by atoms with E-state index in [1.165, 1.54) is 11.8 Å². The molecule has 4 N–H and O–H groups in total. The van der Waals surface area contributed by atoms with Crippen molar-refractivity contribution < 1.29 is 9.53 Å². The molecule has 0 atom stereocenters. The van der Waals surface area contributed by atoms with E-state index in [0.717, 1.165) is 0 Å². The van der Waals surface area contributed by atoms with Crippen LogP contribution in [-0.4, -0.2) is 27.7 Å². The Morgan fingerprint density at radius 2 is 2.04 bits per heavy atom. The minimum Gasteiger partial charge on any atom is -0.494 e. The molecule has 128 valence electrons. The van der Waals surface area contributed by atoms with Gasteiger partial charge in [0.25, 0.3) is 11.5 Å². The zero-order chi connectivity index (χ0) is 17.7. The van der Waals surface area contributed by atoms with Crippen molar-refractivity contribution in [2.75, 3.05) is 17.7 Å². The molecule has 0 fully saturated rings. The number of rotatable bonds is 6. The number of ether oxygens (including phenoxy) is 1. The average Bonchev–Trinajstić information content (AvgIpc) is 2.51. The van der Waals surface area contributed by atoms with E-state index in [2.05, 4.69) is 15.3 Å². The number of carbonyl (C=O) groups excluding carboxylic acids is 1. The van der Waals surface area contributed by atoms with Gasteiger partial charge in [0.1, 0.15) is 11.4 Å². The minimum atomic E-state index is -0.482. The van der Waals surface area contributed by atoms with Gasteiger partial charge in [0, 0.05) is 10.8 Å². The van der Waals surface area contributed by atoms with Gasteiger partial charge in [-0.05, 0) is 31.2 Å². The van der Waals surface area contributed by atoms with E-state index in [9.17, 15) is 9.59 Å². The maximum absolute atomic E-state index is 12.3. The highest BCUT2D eigenvalue weighted by Gasteiger charge is 2.14. The predicted octanol–water partition coefficient (Wildman–Crippen LogP) is 2.50. The van der Waals surface area contributed by atoms with Crippen LogP contribution in [0.25, 0.3) is 0 Å². The molecule has 0 aliphatic carbocycles. The van der Waals surface area contributed by atoms with Crippen LogP contribution in [0.1, 0.15) is 31.1 Å². The summed E-state index contributed by atoms with van der Waals surface area (Å²) in [5.41, 5.74) is 5.66. The molecular weight excluding hydrogens is 328 g/mol. The summed E-state index contributed by atoms with van der Waals surface area (Å²) in [4.78, 5) is 31.1. The molecule has 24 heavy (non-hydrogen) atoms. The fourth-order valence-corrected chi connectivity index (χ4v) is 2.67. The van der Waals surface area contributed by atoms with Crippen LogP contribution in [0.2, 0.25) is 0 Å². The van der Waals surface area contributed by atoms with Crippen LogP contribution >= 0.6 is 11.8 Å². The summed E-state index contributed by atoms with van der Waals surface area (Å²) in [5.74, 6) is 0.214. The third kappa shape index (κ3) is 4.51. The number of carbonyl (C=O) groups is 1. The lowest BCUT2D eigenvalue weighted by Gasteiger charge is -2.10. The maximum atomic E-state index is 12.3. The van der Waals surface area contributed by atoms with Crippen molar-refractivity contribution in [1.29, 1.82) is 0 Å². The van der Waals surface area contributed by atoms with Crippen molar-refractivity contribution >= 4 is 29.2 Å². The summed E-state index contributed by atoms with van der Waals surface area (Å²) in [6.45, 7) is 6.37. The molecule has 0 saturated heterocycles. The lowest BCUT2D eigenvalue weighted by Crippen LogP contribution is -2.23. The quantitative estimate of drug-likeness (QED) is 0.546. The molecule has 1 heterocycles. The number of aromatic amines is 1. The number of nitrogens with two attached hydrogens (primary N) is 1. The van der Waals surface area contributed by atoms with Crippen molar-refractivity contribution in [3.63, 3.8) is 0 Å². The summed E-state index contributed by atoms with van der Waals surface area (Å²) in [7, 11) is 0. The number of thioether (sulfide) groups is 1. The molecule has 2 rings (SSSR count). The number of benzene rings is 1. The maximum Gasteiger partial charge on any atom is 0.277 e. The van der Waals surface area contributed by atoms with E-state index in [-0.39, 0.29) is 16.8 Å². The van der Waals surface area contributed by atoms with Gasteiger partial charge >= 0.3 is 0 Å². The Morgan fingerprint density at radius 3 is 2.58 bits per heavy atom. The Kier molecular flexibility index (Phi) is 5.86. The standard InChI is InChI=1S/C16H20N4O3S/c1-4-23-11-7-5-10(6-8-11)14(21)18-12-13(17)19-16(20-15(12)22)24-9(2)3/h5-9H,4H2,1-3H3,(H,18,21)(H3,17,19,20,22). The van der Waals surface area contributed by atoms with Crippen molar-refractivity contribution in [1.82, 2.24) is 9.97 Å². The number of amides is 1. The number of nitrogens with one attached hydrogen (secondary N) is 2. The summed E-state index contributed by atoms with van der Waals surface area (Å²) < 4.78 is 5.32. The van der Waals surface area contributed by atoms with Gasteiger partial charge in [0.05, 0.1) is 6.61 Å². The van der Waals surface area contributed by atoms with E-state index >= 15 is 0 Å². The Labute approximate surface area is 144 Å². The predicted molar refractivity (Wildman–Crippen MR) is 95.8 cm³/mol. The zero-order valence-electron chi connectivity index (χ0n) is 13.8. The topological polar surface area (TPSA) is 110 Å². The van der Waals surface area contributed by atoms with Gasteiger partial charge < -0.3 is 15.8 Å². The number of hydrogen-bond acceptors (Lipinski definition) is 6. The lowest BCUT2D eigenvalue weighted by atomic mass is 10.2. The number of nitrogen functional groups attached to an aromatic ring is 1. The van der Waals surface area contributed by atoms with Crippen molar-refractivity contribution in [2.24, 2.45) is 0 Å². The first-order chi connectivity index (χ1) is 11.4. The largest absolute Gasteiger partial charge is 0.494 e. The molecule has 7 nitrogen and oxygen atoms in total. The SMILES string of the molecule is CCOc1ccc(C(=O)Nc2c(N)nc(SC(C)C)[nH]c2=O)cc1. The Bertz CT molecular complexity index is 772. The minimum absolute atomic E-state index is 0.0128. The first kappa shape index (κ1) is 17.9. The molecule has 0 spiro atoms. The van der Waals surface area contributed by atoms with Crippen LogP contribution in [0.15, 0.2) is 34.2 Å². The monoisotopic (exact) mass is 348 g/mol. The Hall–Kier alpha value is -2.48. The van der Waals surface area contributed by atoms with E-state index in [1.54, 1.807) is 24.3 Å². The first-order valence-corrected chi connectivity index (χ1v) is 8.39. The van der Waals surface area contributed by atoms with E-state index in [0.29, 0.717) is 23.1 Å². The molecule has 1 aromatic carbocycles. The van der Waals surface area contributed by atoms with Gasteiger partial charge in [0.15, 0.2) is 11.0 Å². The van der Waals surface area contributed by atoms with Crippen LogP contribution < -0.4 is 21.3 Å². The summed E-state index contributed by atoms with van der Waals surface area (Å²) in [5, 5.41) is 3.18. The van der Waals surface area contributed by atoms with Crippen LogP contribution in [-0.2, 0) is 0 Å². The van der Waals surface area contributed by atoms with E-state index in [1.807, 2.05) is 20.8 Å². The highest BCUT2D eigenvalue weighted by Crippen LogP contribution is 2.21. The molecule has 0 bridgehead atoms. The Balaban J connectivity index is 2.18. The molecule has 0 aliphatic heterocycles. The molecule has 1 aromatic heterocycles. The van der Waals surface area contributed by atoms with E-state index in [4.69, 9.17) is 10.5 Å². The molecule has 1 amide bonds. The van der Waals surface area contributed by atoms with Gasteiger partial charge in [-0.3, -0.25) is 14.6 Å². The number of hydrogen-bond donors (Lipinski definition) is 3. The van der Waals surface area contributed by atoms with Crippen molar-refractivity contribution in [3.05, 3.63) is 40.2 Å². The molecule has 8 heteroatoms. The highest BCUT2D eigenvalue weighted by molar-refractivity contribution is 7.99.